The van der Waals surface area contributed by atoms with Gasteiger partial charge in [-0.3, -0.25) is 4.79 Å². The lowest BCUT2D eigenvalue weighted by molar-refractivity contribution is -0.119. The second kappa shape index (κ2) is 8.79. The van der Waals surface area contributed by atoms with Crippen LogP contribution in [-0.4, -0.2) is 55.1 Å². The van der Waals surface area contributed by atoms with Crippen molar-refractivity contribution < 1.29 is 19.0 Å². The molecule has 1 aliphatic heterocycles. The van der Waals surface area contributed by atoms with E-state index in [1.807, 2.05) is 0 Å². The molecule has 1 saturated heterocycles. The number of methoxy groups -OCH3 is 2. The Labute approximate surface area is 134 Å². The number of carbonyl (C=O) groups is 1. The number of ether oxygens (including phenoxy) is 3. The third-order valence-corrected chi connectivity index (χ3v) is 4.09. The Morgan fingerprint density at radius 1 is 1.41 bits per heavy atom. The van der Waals surface area contributed by atoms with Gasteiger partial charge in [-0.15, -0.1) is 11.8 Å². The van der Waals surface area contributed by atoms with Gasteiger partial charge in [0.15, 0.2) is 0 Å². The first-order valence-electron chi connectivity index (χ1n) is 7.13. The van der Waals surface area contributed by atoms with Crippen LogP contribution < -0.4 is 14.8 Å². The molecular weight excluding hydrogens is 306 g/mol. The molecule has 2 rings (SSSR count). The van der Waals surface area contributed by atoms with Gasteiger partial charge in [0.1, 0.15) is 5.82 Å². The third kappa shape index (κ3) is 5.34. The number of amides is 1. The first-order chi connectivity index (χ1) is 10.7. The van der Waals surface area contributed by atoms with E-state index in [1.165, 1.54) is 26.0 Å². The van der Waals surface area contributed by atoms with Crippen molar-refractivity contribution in [2.75, 3.05) is 33.1 Å². The molecule has 1 atom stereocenters. The number of rotatable bonds is 8. The zero-order valence-electron chi connectivity index (χ0n) is 12.8. The van der Waals surface area contributed by atoms with E-state index < -0.39 is 0 Å². The van der Waals surface area contributed by atoms with E-state index in [-0.39, 0.29) is 12.0 Å². The molecular formula is C14H21N3O4S. The normalized spacial score (nSPS) is 17.3. The maximum absolute atomic E-state index is 11.8. The highest BCUT2D eigenvalue weighted by molar-refractivity contribution is 7.99. The summed E-state index contributed by atoms with van der Waals surface area (Å²) in [7, 11) is 3.08. The molecule has 0 radical (unpaired) electrons. The Kier molecular flexibility index (Phi) is 6.73. The van der Waals surface area contributed by atoms with Crippen LogP contribution in [0.5, 0.6) is 11.8 Å². The first-order valence-corrected chi connectivity index (χ1v) is 8.28. The molecule has 7 nitrogen and oxygen atoms in total. The monoisotopic (exact) mass is 327 g/mol. The summed E-state index contributed by atoms with van der Waals surface area (Å²) in [5.74, 6) is 2.34. The summed E-state index contributed by atoms with van der Waals surface area (Å²) in [5.41, 5.74) is 0. The van der Waals surface area contributed by atoms with Gasteiger partial charge in [-0.2, -0.15) is 9.97 Å². The van der Waals surface area contributed by atoms with Crippen LogP contribution >= 0.6 is 11.8 Å². The molecule has 0 bridgehead atoms. The second-order valence-electron chi connectivity index (χ2n) is 4.80. The predicted octanol–water partition coefficient (Wildman–Crippen LogP) is 1.02. The number of hydrogen-bond acceptors (Lipinski definition) is 7. The Hall–Kier alpha value is -1.54. The van der Waals surface area contributed by atoms with Crippen LogP contribution in [0.1, 0.15) is 18.7 Å². The summed E-state index contributed by atoms with van der Waals surface area (Å²) in [6.45, 7) is 1.38. The maximum atomic E-state index is 11.8. The van der Waals surface area contributed by atoms with Crippen molar-refractivity contribution in [1.29, 1.82) is 0 Å². The van der Waals surface area contributed by atoms with Gasteiger partial charge in [0, 0.05) is 13.2 Å². The zero-order valence-corrected chi connectivity index (χ0v) is 13.6. The van der Waals surface area contributed by atoms with E-state index in [4.69, 9.17) is 14.2 Å². The van der Waals surface area contributed by atoms with Gasteiger partial charge < -0.3 is 19.5 Å². The van der Waals surface area contributed by atoms with E-state index in [0.717, 1.165) is 19.4 Å². The highest BCUT2D eigenvalue weighted by Gasteiger charge is 2.16. The summed E-state index contributed by atoms with van der Waals surface area (Å²) in [6, 6.07) is 1.61. The molecule has 0 spiro atoms. The van der Waals surface area contributed by atoms with Crippen LogP contribution in [0.3, 0.4) is 0 Å². The maximum Gasteiger partial charge on any atom is 0.230 e. The van der Waals surface area contributed by atoms with Gasteiger partial charge >= 0.3 is 0 Å². The number of hydrogen-bond donors (Lipinski definition) is 1. The minimum absolute atomic E-state index is 0.00430. The van der Waals surface area contributed by atoms with Gasteiger partial charge in [0.05, 0.1) is 37.9 Å². The summed E-state index contributed by atoms with van der Waals surface area (Å²) in [4.78, 5) is 20.2. The molecule has 1 aromatic rings. The van der Waals surface area contributed by atoms with Crippen LogP contribution in [0.4, 0.5) is 0 Å². The summed E-state index contributed by atoms with van der Waals surface area (Å²) >= 11 is 1.45. The van der Waals surface area contributed by atoms with Gasteiger partial charge in [-0.05, 0) is 12.8 Å². The fraction of sp³-hybridized carbons (Fsp3) is 0.643. The van der Waals surface area contributed by atoms with Crippen LogP contribution in [0, 0.1) is 0 Å². The Morgan fingerprint density at radius 2 is 2.14 bits per heavy atom. The van der Waals surface area contributed by atoms with Crippen molar-refractivity contribution in [1.82, 2.24) is 15.3 Å². The lowest BCUT2D eigenvalue weighted by Gasteiger charge is -2.10. The smallest absolute Gasteiger partial charge is 0.230 e. The van der Waals surface area contributed by atoms with Crippen molar-refractivity contribution in [2.24, 2.45) is 0 Å². The molecule has 1 aromatic heterocycles. The summed E-state index contributed by atoms with van der Waals surface area (Å²) < 4.78 is 15.6. The molecule has 0 aliphatic carbocycles. The molecule has 1 aliphatic rings. The van der Waals surface area contributed by atoms with Crippen molar-refractivity contribution in [2.45, 2.75) is 24.7 Å². The number of nitrogens with one attached hydrogen (secondary N) is 1. The number of aromatic nitrogens is 2. The van der Waals surface area contributed by atoms with Gasteiger partial charge in [0.25, 0.3) is 0 Å². The van der Waals surface area contributed by atoms with Crippen molar-refractivity contribution in [3.63, 3.8) is 0 Å². The Bertz CT molecular complexity index is 473. The molecule has 1 fully saturated rings. The molecule has 1 unspecified atom stereocenters. The molecule has 22 heavy (non-hydrogen) atoms. The molecule has 1 amide bonds. The molecule has 0 aromatic carbocycles. The second-order valence-corrected chi connectivity index (χ2v) is 5.79. The molecule has 0 saturated carbocycles. The number of nitrogens with zero attached hydrogens (tertiary/aromatic N) is 2. The van der Waals surface area contributed by atoms with E-state index in [1.54, 1.807) is 6.07 Å². The van der Waals surface area contributed by atoms with Crippen LogP contribution in [0.2, 0.25) is 0 Å². The highest BCUT2D eigenvalue weighted by atomic mass is 32.2. The van der Waals surface area contributed by atoms with Gasteiger partial charge in [0.2, 0.25) is 17.7 Å². The van der Waals surface area contributed by atoms with Crippen LogP contribution in [-0.2, 0) is 15.3 Å². The van der Waals surface area contributed by atoms with E-state index in [2.05, 4.69) is 15.3 Å². The lowest BCUT2D eigenvalue weighted by atomic mass is 10.2. The van der Waals surface area contributed by atoms with Gasteiger partial charge in [-0.25, -0.2) is 0 Å². The Balaban J connectivity index is 1.72. The van der Waals surface area contributed by atoms with E-state index >= 15 is 0 Å². The average Bonchev–Trinajstić information content (AvgIpc) is 3.06. The molecule has 122 valence electrons. The van der Waals surface area contributed by atoms with Crippen molar-refractivity contribution in [3.8, 4) is 11.8 Å². The lowest BCUT2D eigenvalue weighted by Crippen LogP contribution is -2.32. The quantitative estimate of drug-likeness (QED) is 0.763. The van der Waals surface area contributed by atoms with Crippen molar-refractivity contribution >= 4 is 17.7 Å². The highest BCUT2D eigenvalue weighted by Crippen LogP contribution is 2.18. The zero-order chi connectivity index (χ0) is 15.8. The standard InChI is InChI=1S/C14H21N3O4S/c1-19-13-6-14(20-2)17-11(16-13)8-22-9-12(18)15-7-10-4-3-5-21-10/h6,10H,3-5,7-9H2,1-2H3,(H,15,18). The minimum Gasteiger partial charge on any atom is -0.481 e. The van der Waals surface area contributed by atoms with Crippen LogP contribution in [0.25, 0.3) is 0 Å². The topological polar surface area (TPSA) is 82.6 Å². The van der Waals surface area contributed by atoms with Crippen LogP contribution in [0.15, 0.2) is 6.07 Å². The molecule has 1 N–H and O–H groups in total. The first kappa shape index (κ1) is 16.8. The van der Waals surface area contributed by atoms with Gasteiger partial charge in [-0.1, -0.05) is 0 Å². The average molecular weight is 327 g/mol. The van der Waals surface area contributed by atoms with Crippen molar-refractivity contribution in [3.05, 3.63) is 11.9 Å². The third-order valence-electron chi connectivity index (χ3n) is 3.16. The SMILES string of the molecule is COc1cc(OC)nc(CSCC(=O)NCC2CCCO2)n1. The minimum atomic E-state index is -0.00430. The molecule has 8 heteroatoms. The fourth-order valence-electron chi connectivity index (χ4n) is 2.04. The molecule has 2 heterocycles. The van der Waals surface area contributed by atoms with E-state index in [0.29, 0.717) is 35.6 Å². The summed E-state index contributed by atoms with van der Waals surface area (Å²) in [5, 5.41) is 2.88. The summed E-state index contributed by atoms with van der Waals surface area (Å²) in [6.07, 6.45) is 2.26. The Morgan fingerprint density at radius 3 is 2.73 bits per heavy atom. The number of thioether (sulfide) groups is 1. The number of carbonyl (C=O) groups excluding carboxylic acids is 1. The predicted molar refractivity (Wildman–Crippen MR) is 83.3 cm³/mol. The largest absolute Gasteiger partial charge is 0.481 e. The fourth-order valence-corrected chi connectivity index (χ4v) is 2.74. The van der Waals surface area contributed by atoms with E-state index in [9.17, 15) is 4.79 Å².